The molecule has 1 saturated heterocycles. The van der Waals surface area contributed by atoms with Gasteiger partial charge in [-0.05, 0) is 19.8 Å². The van der Waals surface area contributed by atoms with Crippen molar-refractivity contribution >= 4 is 10.0 Å². The Hall–Kier alpha value is -2.00. The van der Waals surface area contributed by atoms with Crippen LogP contribution in [0, 0.1) is 6.92 Å². The van der Waals surface area contributed by atoms with Crippen molar-refractivity contribution in [2.24, 2.45) is 0 Å². The van der Waals surface area contributed by atoms with Crippen molar-refractivity contribution < 1.29 is 13.2 Å². The van der Waals surface area contributed by atoms with E-state index in [1.807, 2.05) is 0 Å². The fourth-order valence-electron chi connectivity index (χ4n) is 2.41. The number of ether oxygens (including phenoxy) is 1. The molecule has 0 amide bonds. The maximum atomic E-state index is 12.5. The highest BCUT2D eigenvalue weighted by Crippen LogP contribution is 2.21. The van der Waals surface area contributed by atoms with Crippen LogP contribution in [0.2, 0.25) is 0 Å². The van der Waals surface area contributed by atoms with E-state index >= 15 is 0 Å². The predicted molar refractivity (Wildman–Crippen MR) is 77.8 cm³/mol. The molecular weight excluding hydrogens is 306 g/mol. The van der Waals surface area contributed by atoms with Crippen molar-refractivity contribution in [1.82, 2.24) is 24.2 Å². The number of H-pyrrole nitrogens is 1. The smallest absolute Gasteiger partial charge is 0.260 e. The van der Waals surface area contributed by atoms with Gasteiger partial charge in [-0.2, -0.15) is 9.29 Å². The zero-order valence-corrected chi connectivity index (χ0v) is 13.0. The summed E-state index contributed by atoms with van der Waals surface area (Å²) in [5.74, 6) is 1.09. The van der Waals surface area contributed by atoms with Crippen molar-refractivity contribution in [3.63, 3.8) is 0 Å². The largest absolute Gasteiger partial charge is 0.473 e. The molecular formula is C13H17N5O3S. The summed E-state index contributed by atoms with van der Waals surface area (Å²) >= 11 is 0. The third-order valence-electron chi connectivity index (χ3n) is 3.47. The number of rotatable bonds is 4. The monoisotopic (exact) mass is 323 g/mol. The third-order valence-corrected chi connectivity index (χ3v) is 5.26. The Balaban J connectivity index is 1.72. The minimum Gasteiger partial charge on any atom is -0.473 e. The van der Waals surface area contributed by atoms with E-state index in [1.165, 1.54) is 16.8 Å². The van der Waals surface area contributed by atoms with Gasteiger partial charge < -0.3 is 9.72 Å². The molecule has 3 rings (SSSR count). The molecule has 1 aliphatic heterocycles. The van der Waals surface area contributed by atoms with Crippen LogP contribution >= 0.6 is 0 Å². The van der Waals surface area contributed by atoms with Crippen molar-refractivity contribution in [3.8, 4) is 5.88 Å². The maximum absolute atomic E-state index is 12.5. The van der Waals surface area contributed by atoms with Crippen molar-refractivity contribution in [1.29, 1.82) is 0 Å². The summed E-state index contributed by atoms with van der Waals surface area (Å²) in [4.78, 5) is 14.6. The number of sulfonamides is 1. The average molecular weight is 323 g/mol. The summed E-state index contributed by atoms with van der Waals surface area (Å²) in [5, 5.41) is 0.103. The number of imidazole rings is 1. The van der Waals surface area contributed by atoms with E-state index in [1.54, 1.807) is 19.2 Å². The lowest BCUT2D eigenvalue weighted by Gasteiger charge is -2.31. The molecule has 0 bridgehead atoms. The van der Waals surface area contributed by atoms with Gasteiger partial charge in [0.05, 0.1) is 19.1 Å². The van der Waals surface area contributed by atoms with Gasteiger partial charge in [0, 0.05) is 18.8 Å². The second-order valence-corrected chi connectivity index (χ2v) is 7.01. The van der Waals surface area contributed by atoms with Crippen LogP contribution in [0.3, 0.4) is 0 Å². The molecule has 8 nitrogen and oxygen atoms in total. The summed E-state index contributed by atoms with van der Waals surface area (Å²) in [7, 11) is -3.55. The number of nitrogens with zero attached hydrogens (tertiary/aromatic N) is 4. The van der Waals surface area contributed by atoms with E-state index in [4.69, 9.17) is 4.74 Å². The van der Waals surface area contributed by atoms with Crippen LogP contribution in [0.25, 0.3) is 0 Å². The molecule has 1 fully saturated rings. The van der Waals surface area contributed by atoms with Crippen LogP contribution in [0.1, 0.15) is 18.7 Å². The standard InChI is InChI=1S/C13H17N5O3S/c1-10-15-5-4-12(17-10)21-11-3-2-6-18(8-11)22(19,20)13-7-14-9-16-13/h4-5,7,9,11H,2-3,6,8H2,1H3,(H,14,16). The molecule has 0 aliphatic carbocycles. The summed E-state index contributed by atoms with van der Waals surface area (Å²) in [5.41, 5.74) is 0. The molecule has 9 heteroatoms. The summed E-state index contributed by atoms with van der Waals surface area (Å²) in [6.45, 7) is 2.55. The van der Waals surface area contributed by atoms with Gasteiger partial charge in [0.2, 0.25) is 5.88 Å². The van der Waals surface area contributed by atoms with Gasteiger partial charge in [-0.15, -0.1) is 0 Å². The molecule has 1 aliphatic rings. The number of piperidine rings is 1. The fourth-order valence-corrected chi connectivity index (χ4v) is 3.82. The lowest BCUT2D eigenvalue weighted by atomic mass is 10.1. The Morgan fingerprint density at radius 2 is 2.32 bits per heavy atom. The highest BCUT2D eigenvalue weighted by Gasteiger charge is 2.32. The Labute approximate surface area is 128 Å². The number of hydrogen-bond acceptors (Lipinski definition) is 6. The summed E-state index contributed by atoms with van der Waals surface area (Å²) in [6, 6.07) is 1.68. The SMILES string of the molecule is Cc1nccc(OC2CCCN(S(=O)(=O)c3cnc[nH]3)C2)n1. The number of aromatic nitrogens is 4. The second kappa shape index (κ2) is 6.01. The first-order valence-electron chi connectivity index (χ1n) is 7.00. The van der Waals surface area contributed by atoms with Crippen LogP contribution in [-0.2, 0) is 10.0 Å². The molecule has 0 aromatic carbocycles. The van der Waals surface area contributed by atoms with Gasteiger partial charge >= 0.3 is 0 Å². The van der Waals surface area contributed by atoms with Crippen molar-refractivity contribution in [3.05, 3.63) is 30.6 Å². The van der Waals surface area contributed by atoms with E-state index in [0.29, 0.717) is 24.8 Å². The normalized spacial score (nSPS) is 20.0. The first kappa shape index (κ1) is 14.9. The molecule has 0 spiro atoms. The second-order valence-electron chi connectivity index (χ2n) is 5.10. The molecule has 1 N–H and O–H groups in total. The van der Waals surface area contributed by atoms with E-state index in [0.717, 1.165) is 12.8 Å². The molecule has 3 heterocycles. The first-order chi connectivity index (χ1) is 10.6. The summed E-state index contributed by atoms with van der Waals surface area (Å²) in [6.07, 6.45) is 5.60. The molecule has 2 aromatic rings. The fraction of sp³-hybridized carbons (Fsp3) is 0.462. The Bertz CT molecular complexity index is 732. The zero-order chi connectivity index (χ0) is 15.6. The molecule has 1 unspecified atom stereocenters. The number of hydrogen-bond donors (Lipinski definition) is 1. The number of aryl methyl sites for hydroxylation is 1. The third kappa shape index (κ3) is 3.09. The van der Waals surface area contributed by atoms with Crippen LogP contribution < -0.4 is 4.74 Å². The molecule has 0 radical (unpaired) electrons. The van der Waals surface area contributed by atoms with Crippen LogP contribution in [0.5, 0.6) is 5.88 Å². The molecule has 0 saturated carbocycles. The van der Waals surface area contributed by atoms with Crippen LogP contribution in [-0.4, -0.2) is 51.9 Å². The van der Waals surface area contributed by atoms with Gasteiger partial charge in [-0.25, -0.2) is 18.4 Å². The molecule has 2 aromatic heterocycles. The maximum Gasteiger partial charge on any atom is 0.260 e. The van der Waals surface area contributed by atoms with Gasteiger partial charge in [0.15, 0.2) is 5.03 Å². The van der Waals surface area contributed by atoms with Crippen LogP contribution in [0.15, 0.2) is 29.8 Å². The number of aromatic amines is 1. The summed E-state index contributed by atoms with van der Waals surface area (Å²) < 4.78 is 32.2. The molecule has 118 valence electrons. The molecule has 1 atom stereocenters. The van der Waals surface area contributed by atoms with E-state index in [2.05, 4.69) is 19.9 Å². The van der Waals surface area contributed by atoms with Crippen molar-refractivity contribution in [2.45, 2.75) is 30.9 Å². The van der Waals surface area contributed by atoms with E-state index in [9.17, 15) is 8.42 Å². The lowest BCUT2D eigenvalue weighted by molar-refractivity contribution is 0.124. The van der Waals surface area contributed by atoms with Gasteiger partial charge in [-0.3, -0.25) is 0 Å². The topological polar surface area (TPSA) is 101 Å². The van der Waals surface area contributed by atoms with Gasteiger partial charge in [-0.1, -0.05) is 0 Å². The van der Waals surface area contributed by atoms with E-state index < -0.39 is 10.0 Å². The highest BCUT2D eigenvalue weighted by atomic mass is 32.2. The average Bonchev–Trinajstić information content (AvgIpc) is 3.02. The zero-order valence-electron chi connectivity index (χ0n) is 12.1. The lowest BCUT2D eigenvalue weighted by Crippen LogP contribution is -2.44. The minimum atomic E-state index is -3.55. The minimum absolute atomic E-state index is 0.103. The van der Waals surface area contributed by atoms with Gasteiger partial charge in [0.25, 0.3) is 10.0 Å². The number of nitrogens with one attached hydrogen (secondary N) is 1. The molecule has 22 heavy (non-hydrogen) atoms. The van der Waals surface area contributed by atoms with Crippen LogP contribution in [0.4, 0.5) is 0 Å². The van der Waals surface area contributed by atoms with Gasteiger partial charge in [0.1, 0.15) is 11.9 Å². The Kier molecular flexibility index (Phi) is 4.08. The highest BCUT2D eigenvalue weighted by molar-refractivity contribution is 7.89. The quantitative estimate of drug-likeness (QED) is 0.890. The Morgan fingerprint density at radius 1 is 1.45 bits per heavy atom. The Morgan fingerprint density at radius 3 is 3.05 bits per heavy atom. The van der Waals surface area contributed by atoms with E-state index in [-0.39, 0.29) is 11.1 Å². The van der Waals surface area contributed by atoms with Crippen molar-refractivity contribution in [2.75, 3.05) is 13.1 Å². The predicted octanol–water partition coefficient (Wildman–Crippen LogP) is 0.740. The first-order valence-corrected chi connectivity index (χ1v) is 8.44.